The molecule has 20 heavy (non-hydrogen) atoms. The Balaban J connectivity index is 1.83. The van der Waals surface area contributed by atoms with Gasteiger partial charge in [-0.25, -0.2) is 0 Å². The van der Waals surface area contributed by atoms with E-state index in [1.165, 1.54) is 5.56 Å². The second-order valence-electron chi connectivity index (χ2n) is 4.39. The zero-order valence-electron chi connectivity index (χ0n) is 11.3. The molecule has 0 saturated carbocycles. The molecule has 2 aromatic rings. The summed E-state index contributed by atoms with van der Waals surface area (Å²) in [5, 5.41) is 3.33. The fourth-order valence-corrected chi connectivity index (χ4v) is 2.32. The Bertz CT molecular complexity index is 568. The summed E-state index contributed by atoms with van der Waals surface area (Å²) in [6.45, 7) is 5.16. The van der Waals surface area contributed by atoms with E-state index in [0.29, 0.717) is 6.61 Å². The number of hydrogen-bond acceptors (Lipinski definition) is 2. The van der Waals surface area contributed by atoms with Gasteiger partial charge >= 0.3 is 0 Å². The van der Waals surface area contributed by atoms with E-state index in [1.807, 2.05) is 48.5 Å². The fourth-order valence-electron chi connectivity index (χ4n) is 1.92. The molecule has 0 bridgehead atoms. The topological polar surface area (TPSA) is 21.3 Å². The largest absolute Gasteiger partial charge is 0.491 e. The highest BCUT2D eigenvalue weighted by molar-refractivity contribution is 9.10. The molecule has 0 aliphatic carbocycles. The normalized spacial score (nSPS) is 10.1. The molecule has 2 aromatic carbocycles. The van der Waals surface area contributed by atoms with Gasteiger partial charge in [0.15, 0.2) is 0 Å². The van der Waals surface area contributed by atoms with Crippen LogP contribution in [-0.2, 0) is 6.42 Å². The van der Waals surface area contributed by atoms with Gasteiger partial charge in [0.1, 0.15) is 12.4 Å². The van der Waals surface area contributed by atoms with Gasteiger partial charge in [-0.3, -0.25) is 0 Å². The molecule has 0 heterocycles. The third-order valence-corrected chi connectivity index (χ3v) is 3.34. The molecule has 0 aromatic heterocycles. The Hall–Kier alpha value is -1.74. The third kappa shape index (κ3) is 4.42. The van der Waals surface area contributed by atoms with Crippen LogP contribution in [0, 0.1) is 0 Å². The number of halogens is 1. The molecule has 2 nitrogen and oxygen atoms in total. The first-order valence-corrected chi connectivity index (χ1v) is 7.40. The summed E-state index contributed by atoms with van der Waals surface area (Å²) < 4.78 is 6.89. The Kier molecular flexibility index (Phi) is 5.69. The quantitative estimate of drug-likeness (QED) is 0.588. The highest BCUT2D eigenvalue weighted by Crippen LogP contribution is 2.19. The van der Waals surface area contributed by atoms with Gasteiger partial charge in [0.05, 0.1) is 0 Å². The van der Waals surface area contributed by atoms with Crippen molar-refractivity contribution in [3.8, 4) is 5.75 Å². The minimum absolute atomic E-state index is 0.626. The van der Waals surface area contributed by atoms with E-state index in [0.717, 1.165) is 28.9 Å². The number of benzene rings is 2. The molecule has 0 spiro atoms. The lowest BCUT2D eigenvalue weighted by Crippen LogP contribution is -2.12. The van der Waals surface area contributed by atoms with Crippen molar-refractivity contribution in [3.05, 3.63) is 71.2 Å². The van der Waals surface area contributed by atoms with Gasteiger partial charge in [-0.05, 0) is 36.2 Å². The lowest BCUT2D eigenvalue weighted by molar-refractivity contribution is 0.330. The van der Waals surface area contributed by atoms with Crippen molar-refractivity contribution in [2.75, 3.05) is 18.5 Å². The summed E-state index contributed by atoms with van der Waals surface area (Å²) in [4.78, 5) is 0. The number of hydrogen-bond donors (Lipinski definition) is 1. The molecule has 0 amide bonds. The maximum absolute atomic E-state index is 5.82. The third-order valence-electron chi connectivity index (χ3n) is 2.85. The van der Waals surface area contributed by atoms with Crippen LogP contribution in [0.5, 0.6) is 5.75 Å². The van der Waals surface area contributed by atoms with Crippen LogP contribution in [0.1, 0.15) is 5.56 Å². The van der Waals surface area contributed by atoms with Crippen LogP contribution in [-0.4, -0.2) is 13.2 Å². The predicted octanol–water partition coefficient (Wildman–Crippen LogP) is 4.67. The van der Waals surface area contributed by atoms with Gasteiger partial charge in [-0.15, -0.1) is 6.58 Å². The summed E-state index contributed by atoms with van der Waals surface area (Å²) in [6, 6.07) is 16.2. The molecule has 3 heteroatoms. The van der Waals surface area contributed by atoms with Crippen molar-refractivity contribution in [2.24, 2.45) is 0 Å². The summed E-state index contributed by atoms with van der Waals surface area (Å²) >= 11 is 3.45. The number of para-hydroxylation sites is 1. The van der Waals surface area contributed by atoms with Crippen molar-refractivity contribution >= 4 is 21.6 Å². The van der Waals surface area contributed by atoms with Gasteiger partial charge in [0.2, 0.25) is 0 Å². The first-order valence-electron chi connectivity index (χ1n) is 6.60. The molecular formula is C17H18BrNO. The summed E-state index contributed by atoms with van der Waals surface area (Å²) in [7, 11) is 0. The van der Waals surface area contributed by atoms with Crippen molar-refractivity contribution < 1.29 is 4.74 Å². The van der Waals surface area contributed by atoms with E-state index >= 15 is 0 Å². The predicted molar refractivity (Wildman–Crippen MR) is 88.5 cm³/mol. The lowest BCUT2D eigenvalue weighted by atomic mass is 10.1. The van der Waals surface area contributed by atoms with Gasteiger partial charge in [0, 0.05) is 16.7 Å². The van der Waals surface area contributed by atoms with Gasteiger partial charge in [-0.2, -0.15) is 0 Å². The molecule has 0 radical (unpaired) electrons. The molecule has 0 unspecified atom stereocenters. The molecular weight excluding hydrogens is 314 g/mol. The van der Waals surface area contributed by atoms with Crippen LogP contribution in [0.3, 0.4) is 0 Å². The maximum Gasteiger partial charge on any atom is 0.122 e. The molecule has 1 N–H and O–H groups in total. The minimum atomic E-state index is 0.626. The number of anilines is 1. The Morgan fingerprint density at radius 2 is 2.00 bits per heavy atom. The van der Waals surface area contributed by atoms with E-state index in [-0.39, 0.29) is 0 Å². The Morgan fingerprint density at radius 1 is 1.15 bits per heavy atom. The smallest absolute Gasteiger partial charge is 0.122 e. The van der Waals surface area contributed by atoms with Gasteiger partial charge in [-0.1, -0.05) is 46.3 Å². The van der Waals surface area contributed by atoms with E-state index < -0.39 is 0 Å². The van der Waals surface area contributed by atoms with Crippen LogP contribution in [0.4, 0.5) is 5.69 Å². The minimum Gasteiger partial charge on any atom is -0.491 e. The molecule has 0 atom stereocenters. The first-order chi connectivity index (χ1) is 9.79. The number of nitrogens with one attached hydrogen (secondary N) is 1. The fraction of sp³-hybridized carbons (Fsp3) is 0.176. The van der Waals surface area contributed by atoms with Crippen molar-refractivity contribution in [3.63, 3.8) is 0 Å². The second-order valence-corrected chi connectivity index (χ2v) is 5.30. The van der Waals surface area contributed by atoms with Crippen molar-refractivity contribution in [1.29, 1.82) is 0 Å². The number of rotatable bonds is 7. The molecule has 104 valence electrons. The van der Waals surface area contributed by atoms with Crippen LogP contribution in [0.15, 0.2) is 65.7 Å². The van der Waals surface area contributed by atoms with Gasteiger partial charge < -0.3 is 10.1 Å². The zero-order valence-corrected chi connectivity index (χ0v) is 12.9. The van der Waals surface area contributed by atoms with Gasteiger partial charge in [0.25, 0.3) is 0 Å². The molecule has 0 fully saturated rings. The van der Waals surface area contributed by atoms with Crippen LogP contribution in [0.25, 0.3) is 0 Å². The molecule has 0 aliphatic rings. The average Bonchev–Trinajstić information content (AvgIpc) is 2.46. The maximum atomic E-state index is 5.82. The number of allylic oxidation sites excluding steroid dienone is 1. The standard InChI is InChI=1S/C17H18BrNO/c1-2-6-14-7-3-4-10-17(14)20-12-11-19-16-9-5-8-15(18)13-16/h2-5,7-10,13,19H,1,6,11-12H2. The zero-order chi connectivity index (χ0) is 14.2. The lowest BCUT2D eigenvalue weighted by Gasteiger charge is -2.11. The number of ether oxygens (including phenoxy) is 1. The van der Waals surface area contributed by atoms with Crippen molar-refractivity contribution in [1.82, 2.24) is 0 Å². The summed E-state index contributed by atoms with van der Waals surface area (Å²) in [5.74, 6) is 0.934. The van der Waals surface area contributed by atoms with E-state index in [2.05, 4.69) is 33.9 Å². The molecule has 2 rings (SSSR count). The molecule has 0 saturated heterocycles. The first kappa shape index (κ1) is 14.7. The van der Waals surface area contributed by atoms with Crippen molar-refractivity contribution in [2.45, 2.75) is 6.42 Å². The van der Waals surface area contributed by atoms with Crippen LogP contribution >= 0.6 is 15.9 Å². The SMILES string of the molecule is C=CCc1ccccc1OCCNc1cccc(Br)c1. The highest BCUT2D eigenvalue weighted by atomic mass is 79.9. The summed E-state index contributed by atoms with van der Waals surface area (Å²) in [5.41, 5.74) is 2.26. The average molecular weight is 332 g/mol. The molecule has 0 aliphatic heterocycles. The highest BCUT2D eigenvalue weighted by Gasteiger charge is 2.00. The Labute approximate surface area is 128 Å². The van der Waals surface area contributed by atoms with Crippen LogP contribution in [0.2, 0.25) is 0 Å². The van der Waals surface area contributed by atoms with E-state index in [1.54, 1.807) is 0 Å². The van der Waals surface area contributed by atoms with E-state index in [4.69, 9.17) is 4.74 Å². The Morgan fingerprint density at radius 3 is 2.80 bits per heavy atom. The second kappa shape index (κ2) is 7.75. The summed E-state index contributed by atoms with van der Waals surface area (Å²) in [6.07, 6.45) is 2.72. The van der Waals surface area contributed by atoms with E-state index in [9.17, 15) is 0 Å². The van der Waals surface area contributed by atoms with Crippen LogP contribution < -0.4 is 10.1 Å². The monoisotopic (exact) mass is 331 g/mol.